The van der Waals surface area contributed by atoms with E-state index in [9.17, 15) is 18.0 Å². The molecule has 1 amide bonds. The number of rotatable bonds is 6. The summed E-state index contributed by atoms with van der Waals surface area (Å²) in [6, 6.07) is 1.70. The molecular weight excluding hydrogens is 303 g/mol. The van der Waals surface area contributed by atoms with Crippen LogP contribution >= 0.6 is 11.3 Å². The molecule has 2 N–H and O–H groups in total. The highest BCUT2D eigenvalue weighted by Crippen LogP contribution is 2.22. The third kappa shape index (κ3) is 7.16. The molecule has 0 aliphatic rings. The van der Waals surface area contributed by atoms with Crippen LogP contribution in [0.25, 0.3) is 0 Å². The number of thiophene rings is 1. The second kappa shape index (κ2) is 8.70. The maximum atomic E-state index is 11.9. The van der Waals surface area contributed by atoms with Crippen molar-refractivity contribution in [1.29, 1.82) is 0 Å². The summed E-state index contributed by atoms with van der Waals surface area (Å²) in [6.45, 7) is 0.161. The van der Waals surface area contributed by atoms with Crippen molar-refractivity contribution >= 4 is 17.2 Å². The average molecular weight is 319 g/mol. The molecule has 0 unspecified atom stereocenters. The molecule has 7 heteroatoms. The summed E-state index contributed by atoms with van der Waals surface area (Å²) in [7, 11) is 0. The molecule has 1 aromatic heterocycles. The monoisotopic (exact) mass is 319 g/mol. The molecule has 21 heavy (non-hydrogen) atoms. The number of hydrogen-bond acceptors (Lipinski definition) is 3. The first-order valence-electron chi connectivity index (χ1n) is 6.46. The molecule has 0 bridgehead atoms. The summed E-state index contributed by atoms with van der Waals surface area (Å²) in [5.41, 5.74) is 0.571. The normalized spacial score (nSPS) is 10.9. The van der Waals surface area contributed by atoms with E-state index < -0.39 is 12.6 Å². The van der Waals surface area contributed by atoms with Gasteiger partial charge < -0.3 is 10.4 Å². The average Bonchev–Trinajstić information content (AvgIpc) is 2.85. The lowest BCUT2D eigenvalue weighted by atomic mass is 10.2. The third-order valence-electron chi connectivity index (χ3n) is 2.50. The van der Waals surface area contributed by atoms with E-state index >= 15 is 0 Å². The Morgan fingerprint density at radius 2 is 2.14 bits per heavy atom. The molecule has 0 saturated carbocycles. The van der Waals surface area contributed by atoms with Crippen LogP contribution in [0, 0.1) is 11.8 Å². The number of carbonyl (C=O) groups is 1. The molecule has 0 saturated heterocycles. The van der Waals surface area contributed by atoms with Crippen molar-refractivity contribution in [3.8, 4) is 11.8 Å². The Morgan fingerprint density at radius 1 is 1.38 bits per heavy atom. The summed E-state index contributed by atoms with van der Waals surface area (Å²) in [5, 5.41) is 13.0. The van der Waals surface area contributed by atoms with Gasteiger partial charge >= 0.3 is 6.18 Å². The molecule has 116 valence electrons. The predicted molar refractivity (Wildman–Crippen MR) is 75.1 cm³/mol. The second-order valence-electron chi connectivity index (χ2n) is 4.27. The molecule has 0 aromatic carbocycles. The van der Waals surface area contributed by atoms with Gasteiger partial charge in [-0.25, -0.2) is 0 Å². The van der Waals surface area contributed by atoms with Crippen LogP contribution in [0.1, 0.15) is 40.9 Å². The van der Waals surface area contributed by atoms with Crippen molar-refractivity contribution in [2.45, 2.75) is 31.9 Å². The minimum Gasteiger partial charge on any atom is -0.395 e. The molecule has 0 radical (unpaired) electrons. The largest absolute Gasteiger partial charge is 0.395 e. The zero-order chi connectivity index (χ0) is 15.7. The fraction of sp³-hybridized carbons (Fsp3) is 0.500. The highest BCUT2D eigenvalue weighted by molar-refractivity contribution is 7.12. The van der Waals surface area contributed by atoms with Gasteiger partial charge in [-0.05, 0) is 24.3 Å². The van der Waals surface area contributed by atoms with Crippen LogP contribution < -0.4 is 5.32 Å². The van der Waals surface area contributed by atoms with E-state index in [4.69, 9.17) is 5.11 Å². The predicted octanol–water partition coefficient (Wildman–Crippen LogP) is 2.94. The topological polar surface area (TPSA) is 49.3 Å². The first-order chi connectivity index (χ1) is 9.94. The molecule has 0 aliphatic carbocycles. The smallest absolute Gasteiger partial charge is 0.389 e. The van der Waals surface area contributed by atoms with Crippen LogP contribution in [0.2, 0.25) is 0 Å². The van der Waals surface area contributed by atoms with Gasteiger partial charge in [0.1, 0.15) is 4.88 Å². The van der Waals surface area contributed by atoms with Gasteiger partial charge in [0.2, 0.25) is 0 Å². The molecule has 0 fully saturated rings. The quantitative estimate of drug-likeness (QED) is 0.626. The molecule has 1 heterocycles. The van der Waals surface area contributed by atoms with Crippen molar-refractivity contribution in [1.82, 2.24) is 5.32 Å². The van der Waals surface area contributed by atoms with Gasteiger partial charge in [0.05, 0.1) is 6.61 Å². The number of hydrogen-bond donors (Lipinski definition) is 2. The lowest BCUT2D eigenvalue weighted by Crippen LogP contribution is -2.24. The van der Waals surface area contributed by atoms with E-state index in [1.54, 1.807) is 11.4 Å². The Bertz CT molecular complexity index is 514. The number of nitrogens with one attached hydrogen (secondary N) is 1. The van der Waals surface area contributed by atoms with E-state index in [-0.39, 0.29) is 31.9 Å². The zero-order valence-electron chi connectivity index (χ0n) is 11.3. The van der Waals surface area contributed by atoms with Crippen LogP contribution in [0.5, 0.6) is 0 Å². The highest BCUT2D eigenvalue weighted by Gasteiger charge is 2.25. The van der Waals surface area contributed by atoms with Crippen molar-refractivity contribution < 1.29 is 23.1 Å². The van der Waals surface area contributed by atoms with Gasteiger partial charge in [0.25, 0.3) is 5.91 Å². The maximum absolute atomic E-state index is 11.9. The molecular formula is C14H16F3NO2S. The number of aliphatic hydroxyl groups excluding tert-OH is 1. The van der Waals surface area contributed by atoms with Crippen LogP contribution in [0.15, 0.2) is 11.4 Å². The number of carbonyl (C=O) groups excluding carboxylic acids is 1. The molecule has 0 aliphatic heterocycles. The summed E-state index contributed by atoms with van der Waals surface area (Å²) in [6.07, 6.45) is -4.37. The number of amides is 1. The lowest BCUT2D eigenvalue weighted by molar-refractivity contribution is -0.135. The van der Waals surface area contributed by atoms with Crippen molar-refractivity contribution in [3.05, 3.63) is 21.9 Å². The number of unbranched alkanes of at least 4 members (excludes halogenated alkanes) is 1. The molecule has 0 atom stereocenters. The number of halogens is 3. The van der Waals surface area contributed by atoms with Gasteiger partial charge in [-0.1, -0.05) is 11.8 Å². The van der Waals surface area contributed by atoms with Gasteiger partial charge in [-0.3, -0.25) is 4.79 Å². The number of alkyl halides is 3. The van der Waals surface area contributed by atoms with Gasteiger partial charge in [-0.2, -0.15) is 13.2 Å². The second-order valence-corrected chi connectivity index (χ2v) is 5.18. The van der Waals surface area contributed by atoms with Crippen molar-refractivity contribution in [2.24, 2.45) is 0 Å². The van der Waals surface area contributed by atoms with Crippen LogP contribution in [-0.4, -0.2) is 30.3 Å². The van der Waals surface area contributed by atoms with E-state index in [2.05, 4.69) is 17.2 Å². The first kappa shape index (κ1) is 17.5. The van der Waals surface area contributed by atoms with Crippen molar-refractivity contribution in [2.75, 3.05) is 13.2 Å². The molecule has 3 nitrogen and oxygen atoms in total. The maximum Gasteiger partial charge on any atom is 0.389 e. The van der Waals surface area contributed by atoms with Crippen LogP contribution in [0.4, 0.5) is 13.2 Å². The SMILES string of the molecule is O=C(NCCCCC(F)(F)F)c1sccc1C#CCCO. The fourth-order valence-electron chi connectivity index (χ4n) is 1.53. The first-order valence-corrected chi connectivity index (χ1v) is 7.34. The minimum absolute atomic E-state index is 0.00260. The van der Waals surface area contributed by atoms with E-state index in [0.717, 1.165) is 0 Å². The third-order valence-corrected chi connectivity index (χ3v) is 3.42. The summed E-state index contributed by atoms with van der Waals surface area (Å²) in [4.78, 5) is 12.3. The van der Waals surface area contributed by atoms with E-state index in [1.165, 1.54) is 11.3 Å². The standard InChI is InChI=1S/C14H16F3NO2S/c15-14(16,17)7-2-3-8-18-13(20)12-11(6-10-21-12)5-1-4-9-19/h6,10,19H,2-4,7-9H2,(H,18,20). The minimum atomic E-state index is -4.15. The van der Waals surface area contributed by atoms with Crippen LogP contribution in [-0.2, 0) is 0 Å². The molecule has 1 rings (SSSR count). The molecule has 1 aromatic rings. The van der Waals surface area contributed by atoms with Crippen molar-refractivity contribution in [3.63, 3.8) is 0 Å². The van der Waals surface area contributed by atoms with Crippen LogP contribution in [0.3, 0.4) is 0 Å². The Balaban J connectivity index is 2.40. The van der Waals surface area contributed by atoms with Gasteiger partial charge in [-0.15, -0.1) is 11.3 Å². The summed E-state index contributed by atoms with van der Waals surface area (Å²) >= 11 is 1.23. The molecule has 0 spiro atoms. The van der Waals surface area contributed by atoms with Gasteiger partial charge in [0, 0.05) is 24.9 Å². The number of aliphatic hydroxyl groups is 1. The summed E-state index contributed by atoms with van der Waals surface area (Å²) in [5.74, 6) is 5.19. The Kier molecular flexibility index (Phi) is 7.26. The Hall–Kier alpha value is -1.52. The van der Waals surface area contributed by atoms with E-state index in [0.29, 0.717) is 16.9 Å². The Morgan fingerprint density at radius 3 is 2.81 bits per heavy atom. The zero-order valence-corrected chi connectivity index (χ0v) is 12.1. The Labute approximate surface area is 125 Å². The van der Waals surface area contributed by atoms with Gasteiger partial charge in [0.15, 0.2) is 0 Å². The fourth-order valence-corrected chi connectivity index (χ4v) is 2.30. The highest BCUT2D eigenvalue weighted by atomic mass is 32.1. The summed E-state index contributed by atoms with van der Waals surface area (Å²) < 4.78 is 35.8. The lowest BCUT2D eigenvalue weighted by Gasteiger charge is -2.06. The van der Waals surface area contributed by atoms with E-state index in [1.807, 2.05) is 0 Å².